The number of hydrogen-bond acceptors (Lipinski definition) is 3. The van der Waals surface area contributed by atoms with Crippen LogP contribution < -0.4 is 4.74 Å². The zero-order valence-electron chi connectivity index (χ0n) is 14.7. The summed E-state index contributed by atoms with van der Waals surface area (Å²) in [5.41, 5.74) is 0.195. The summed E-state index contributed by atoms with van der Waals surface area (Å²) in [5, 5.41) is 8.68. The molecule has 0 amide bonds. The molecule has 1 aliphatic heterocycles. The third-order valence-corrected chi connectivity index (χ3v) is 4.67. The largest absolute Gasteiger partial charge is 0.481 e. The van der Waals surface area contributed by atoms with E-state index < -0.39 is 17.3 Å². The van der Waals surface area contributed by atoms with Gasteiger partial charge in [-0.3, -0.25) is 0 Å². The van der Waals surface area contributed by atoms with Gasteiger partial charge in [-0.05, 0) is 43.3 Å². The van der Waals surface area contributed by atoms with E-state index in [1.54, 1.807) is 29.1 Å². The molecule has 0 spiro atoms. The summed E-state index contributed by atoms with van der Waals surface area (Å²) in [6.07, 6.45) is 1.03. The predicted octanol–water partition coefficient (Wildman–Crippen LogP) is 5.48. The molecule has 4 nitrogen and oxygen atoms in total. The highest BCUT2D eigenvalue weighted by molar-refractivity contribution is 6.30. The third-order valence-electron chi connectivity index (χ3n) is 4.43. The maximum absolute atomic E-state index is 12.9. The van der Waals surface area contributed by atoms with Gasteiger partial charge < -0.3 is 4.74 Å². The Morgan fingerprint density at radius 1 is 1.18 bits per heavy atom. The van der Waals surface area contributed by atoms with Crippen LogP contribution in [0.1, 0.15) is 18.1 Å². The first kappa shape index (κ1) is 18.6. The Morgan fingerprint density at radius 2 is 2.00 bits per heavy atom. The second-order valence-corrected chi connectivity index (χ2v) is 7.25. The molecule has 0 aliphatic carbocycles. The molecule has 1 aromatic heterocycles. The van der Waals surface area contributed by atoms with E-state index in [9.17, 15) is 13.2 Å². The molecule has 3 aromatic rings. The van der Waals surface area contributed by atoms with Crippen molar-refractivity contribution in [2.24, 2.45) is 0 Å². The minimum absolute atomic E-state index is 0.345. The third kappa shape index (κ3) is 3.75. The first-order valence-corrected chi connectivity index (χ1v) is 8.85. The van der Waals surface area contributed by atoms with Gasteiger partial charge in [0.15, 0.2) is 0 Å². The number of nitrogens with zero attached hydrogens (tertiary/aromatic N) is 3. The Labute approximate surface area is 164 Å². The average Bonchev–Trinajstić information content (AvgIpc) is 3.09. The lowest BCUT2D eigenvalue weighted by molar-refractivity contribution is -0.137. The van der Waals surface area contributed by atoms with Crippen molar-refractivity contribution in [3.05, 3.63) is 70.9 Å². The summed E-state index contributed by atoms with van der Waals surface area (Å²) in [7, 11) is 0. The molecule has 1 aliphatic rings. The molecule has 1 atom stereocenters. The number of hydrogen-bond donors (Lipinski definition) is 0. The van der Waals surface area contributed by atoms with Gasteiger partial charge in [0.2, 0.25) is 0 Å². The van der Waals surface area contributed by atoms with E-state index in [-0.39, 0.29) is 0 Å². The number of ether oxygens (including phenoxy) is 1. The van der Waals surface area contributed by atoms with Crippen LogP contribution in [0.5, 0.6) is 5.75 Å². The molecule has 0 fully saturated rings. The zero-order valence-corrected chi connectivity index (χ0v) is 15.5. The van der Waals surface area contributed by atoms with Crippen LogP contribution in [0.3, 0.4) is 0 Å². The van der Waals surface area contributed by atoms with Crippen LogP contribution in [0.25, 0.3) is 17.3 Å². The van der Waals surface area contributed by atoms with Crippen LogP contribution in [0.2, 0.25) is 5.02 Å². The van der Waals surface area contributed by atoms with Crippen LogP contribution in [0.15, 0.2) is 54.7 Å². The van der Waals surface area contributed by atoms with Gasteiger partial charge in [-0.1, -0.05) is 35.0 Å². The molecular weight excluding hydrogens is 391 g/mol. The fourth-order valence-electron chi connectivity index (χ4n) is 3.06. The molecule has 2 aromatic carbocycles. The number of benzene rings is 2. The van der Waals surface area contributed by atoms with Crippen LogP contribution in [0, 0.1) is 0 Å². The van der Waals surface area contributed by atoms with E-state index in [0.717, 1.165) is 17.7 Å². The smallest absolute Gasteiger partial charge is 0.416 e. The molecule has 0 saturated carbocycles. The molecule has 0 bridgehead atoms. The summed E-state index contributed by atoms with van der Waals surface area (Å²) in [5.74, 6) is 0.701. The average molecular weight is 406 g/mol. The van der Waals surface area contributed by atoms with Gasteiger partial charge in [0, 0.05) is 16.1 Å². The highest BCUT2D eigenvalue weighted by Gasteiger charge is 2.31. The summed E-state index contributed by atoms with van der Waals surface area (Å²) < 4.78 is 46.4. The fourth-order valence-corrected chi connectivity index (χ4v) is 3.24. The second kappa shape index (κ2) is 6.67. The van der Waals surface area contributed by atoms with E-state index >= 15 is 0 Å². The Morgan fingerprint density at radius 3 is 2.79 bits per heavy atom. The summed E-state index contributed by atoms with van der Waals surface area (Å²) in [4.78, 5) is 0. The zero-order chi connectivity index (χ0) is 19.9. The number of fused-ring (bicyclic) bond motifs is 1. The molecule has 0 saturated heterocycles. The lowest BCUT2D eigenvalue weighted by Gasteiger charge is -2.31. The van der Waals surface area contributed by atoms with E-state index in [4.69, 9.17) is 16.3 Å². The Bertz CT molecular complexity index is 1060. The number of halogens is 4. The van der Waals surface area contributed by atoms with Gasteiger partial charge in [0.25, 0.3) is 0 Å². The molecule has 144 valence electrons. The first-order chi connectivity index (χ1) is 13.2. The van der Waals surface area contributed by atoms with Crippen molar-refractivity contribution in [3.8, 4) is 17.0 Å². The quantitative estimate of drug-likeness (QED) is 0.579. The molecular formula is C20H15ClF3N3O. The standard InChI is InChI=1S/C20H15ClF3N3O/c1-19(8-7-14-10-16(21)5-6-18(14)28-19)12-27-11-17(25-26-27)13-3-2-4-15(9-13)20(22,23)24/h2-11H,12H2,1H3. The van der Waals surface area contributed by atoms with E-state index in [1.807, 2.05) is 25.1 Å². The van der Waals surface area contributed by atoms with Crippen molar-refractivity contribution >= 4 is 17.7 Å². The fraction of sp³-hybridized carbons (Fsp3) is 0.200. The molecule has 8 heteroatoms. The molecule has 0 N–H and O–H groups in total. The molecule has 4 rings (SSSR count). The van der Waals surface area contributed by atoms with Gasteiger partial charge >= 0.3 is 6.18 Å². The van der Waals surface area contributed by atoms with E-state index in [2.05, 4.69) is 10.3 Å². The Kier molecular flexibility index (Phi) is 4.42. The lowest BCUT2D eigenvalue weighted by Crippen LogP contribution is -2.37. The van der Waals surface area contributed by atoms with Crippen molar-refractivity contribution in [1.29, 1.82) is 0 Å². The lowest BCUT2D eigenvalue weighted by atomic mass is 10.0. The Hall–Kier alpha value is -2.80. The number of rotatable bonds is 3. The summed E-state index contributed by atoms with van der Waals surface area (Å²) >= 11 is 6.00. The minimum Gasteiger partial charge on any atom is -0.481 e. The number of alkyl halides is 3. The van der Waals surface area contributed by atoms with Crippen LogP contribution >= 0.6 is 11.6 Å². The van der Waals surface area contributed by atoms with Crippen molar-refractivity contribution in [3.63, 3.8) is 0 Å². The molecule has 0 radical (unpaired) electrons. The van der Waals surface area contributed by atoms with Gasteiger partial charge in [0.05, 0.1) is 18.3 Å². The maximum atomic E-state index is 12.9. The van der Waals surface area contributed by atoms with Crippen LogP contribution in [0.4, 0.5) is 13.2 Å². The van der Waals surface area contributed by atoms with Gasteiger partial charge in [-0.25, -0.2) is 4.68 Å². The van der Waals surface area contributed by atoms with Crippen molar-refractivity contribution in [2.75, 3.05) is 0 Å². The van der Waals surface area contributed by atoms with Crippen molar-refractivity contribution in [2.45, 2.75) is 25.2 Å². The molecule has 2 heterocycles. The van der Waals surface area contributed by atoms with E-state index in [0.29, 0.717) is 28.6 Å². The Balaban J connectivity index is 1.55. The second-order valence-electron chi connectivity index (χ2n) is 6.81. The first-order valence-electron chi connectivity index (χ1n) is 8.47. The van der Waals surface area contributed by atoms with Crippen molar-refractivity contribution in [1.82, 2.24) is 15.0 Å². The monoisotopic (exact) mass is 405 g/mol. The topological polar surface area (TPSA) is 39.9 Å². The number of aromatic nitrogens is 3. The van der Waals surface area contributed by atoms with Crippen LogP contribution in [-0.4, -0.2) is 20.6 Å². The SMILES string of the molecule is CC1(Cn2cc(-c3cccc(C(F)(F)F)c3)nn2)C=Cc2cc(Cl)ccc2O1. The van der Waals surface area contributed by atoms with Gasteiger partial charge in [-0.15, -0.1) is 5.10 Å². The summed E-state index contributed by atoms with van der Waals surface area (Å²) in [6.45, 7) is 2.24. The maximum Gasteiger partial charge on any atom is 0.416 e. The highest BCUT2D eigenvalue weighted by Crippen LogP contribution is 2.34. The van der Waals surface area contributed by atoms with E-state index in [1.165, 1.54) is 6.07 Å². The minimum atomic E-state index is -4.41. The van der Waals surface area contributed by atoms with Crippen LogP contribution in [-0.2, 0) is 12.7 Å². The van der Waals surface area contributed by atoms with Gasteiger partial charge in [-0.2, -0.15) is 13.2 Å². The van der Waals surface area contributed by atoms with Gasteiger partial charge in [0.1, 0.15) is 17.0 Å². The molecule has 1 unspecified atom stereocenters. The van der Waals surface area contributed by atoms with Crippen molar-refractivity contribution < 1.29 is 17.9 Å². The predicted molar refractivity (Wildman–Crippen MR) is 100.0 cm³/mol. The normalized spacial score (nSPS) is 18.6. The molecule has 28 heavy (non-hydrogen) atoms. The summed E-state index contributed by atoms with van der Waals surface area (Å²) in [6, 6.07) is 10.4. The highest BCUT2D eigenvalue weighted by atomic mass is 35.5.